The van der Waals surface area contributed by atoms with E-state index in [1.54, 1.807) is 12.1 Å². The van der Waals surface area contributed by atoms with Crippen LogP contribution in [0.5, 0.6) is 5.75 Å². The van der Waals surface area contributed by atoms with Gasteiger partial charge in [0.1, 0.15) is 5.75 Å². The average Bonchev–Trinajstić information content (AvgIpc) is 2.78. The molecule has 1 aliphatic heterocycles. The third kappa shape index (κ3) is 5.49. The molecule has 0 atom stereocenters. The number of para-hydroxylation sites is 1. The van der Waals surface area contributed by atoms with Gasteiger partial charge in [-0.25, -0.2) is 8.42 Å². The largest absolute Gasteiger partial charge is 0.493 e. The minimum atomic E-state index is -4.64. The number of piperazine rings is 1. The maximum atomic E-state index is 12.9. The van der Waals surface area contributed by atoms with E-state index in [1.807, 2.05) is 25.1 Å². The predicted molar refractivity (Wildman–Crippen MR) is 113 cm³/mol. The highest BCUT2D eigenvalue weighted by atomic mass is 32.2. The number of nitrogens with zero attached hydrogens (tertiary/aromatic N) is 2. The van der Waals surface area contributed by atoms with E-state index in [4.69, 9.17) is 4.74 Å². The Balaban J connectivity index is 1.65. The van der Waals surface area contributed by atoms with Crippen molar-refractivity contribution in [1.29, 1.82) is 0 Å². The fourth-order valence-corrected chi connectivity index (χ4v) is 4.77. The van der Waals surface area contributed by atoms with Gasteiger partial charge in [0.25, 0.3) is 0 Å². The minimum absolute atomic E-state index is 0.00626. The molecule has 0 N–H and O–H groups in total. The third-order valence-electron chi connectivity index (χ3n) is 4.97. The molecular weight excluding hydrogens is 445 g/mol. The lowest BCUT2D eigenvalue weighted by Gasteiger charge is -2.33. The molecule has 0 radical (unpaired) electrons. The molecule has 0 saturated carbocycles. The second-order valence-electron chi connectivity index (χ2n) is 7.06. The minimum Gasteiger partial charge on any atom is -0.493 e. The second kappa shape index (κ2) is 9.74. The summed E-state index contributed by atoms with van der Waals surface area (Å²) in [4.78, 5) is 13.6. The van der Waals surface area contributed by atoms with Crippen LogP contribution in [-0.2, 0) is 21.0 Å². The number of sulfonamides is 1. The molecule has 3 rings (SSSR count). The highest BCUT2D eigenvalue weighted by molar-refractivity contribution is 7.89. The molecule has 0 unspecified atom stereocenters. The van der Waals surface area contributed by atoms with Gasteiger partial charge < -0.3 is 9.64 Å². The van der Waals surface area contributed by atoms with Gasteiger partial charge in [-0.15, -0.1) is 0 Å². The molecule has 1 heterocycles. The SMILES string of the molecule is CCOc1ccccc1/C=C/C(=O)N1CCN(S(=O)(=O)c2cccc(C(F)(F)F)c2)CC1. The summed E-state index contributed by atoms with van der Waals surface area (Å²) in [7, 11) is -4.10. The number of ether oxygens (including phenoxy) is 1. The molecule has 1 saturated heterocycles. The van der Waals surface area contributed by atoms with E-state index < -0.39 is 26.7 Å². The Morgan fingerprint density at radius 1 is 1.06 bits per heavy atom. The zero-order valence-electron chi connectivity index (χ0n) is 17.4. The number of hydrogen-bond donors (Lipinski definition) is 0. The molecule has 1 fully saturated rings. The quantitative estimate of drug-likeness (QED) is 0.607. The summed E-state index contributed by atoms with van der Waals surface area (Å²) in [5.41, 5.74) is -0.279. The van der Waals surface area contributed by atoms with Crippen LogP contribution in [0.4, 0.5) is 13.2 Å². The van der Waals surface area contributed by atoms with Crippen LogP contribution in [0, 0.1) is 0 Å². The first-order chi connectivity index (χ1) is 15.1. The molecule has 0 aliphatic carbocycles. The van der Waals surface area contributed by atoms with Gasteiger partial charge in [0, 0.05) is 37.8 Å². The van der Waals surface area contributed by atoms with Gasteiger partial charge in [0.05, 0.1) is 17.1 Å². The van der Waals surface area contributed by atoms with Gasteiger partial charge in [-0.1, -0.05) is 24.3 Å². The summed E-state index contributed by atoms with van der Waals surface area (Å²) in [6.07, 6.45) is -1.60. The Kier molecular flexibility index (Phi) is 7.25. The number of amides is 1. The zero-order valence-corrected chi connectivity index (χ0v) is 18.2. The lowest BCUT2D eigenvalue weighted by atomic mass is 10.2. The topological polar surface area (TPSA) is 66.9 Å². The maximum Gasteiger partial charge on any atom is 0.416 e. The summed E-state index contributed by atoms with van der Waals surface area (Å²) >= 11 is 0. The molecule has 0 bridgehead atoms. The summed E-state index contributed by atoms with van der Waals surface area (Å²) < 4.78 is 71.0. The Morgan fingerprint density at radius 3 is 2.41 bits per heavy atom. The van der Waals surface area contributed by atoms with E-state index in [9.17, 15) is 26.4 Å². The summed E-state index contributed by atoms with van der Waals surface area (Å²) in [6.45, 7) is 2.60. The molecular formula is C22H23F3N2O4S. The normalized spacial score (nSPS) is 15.8. The standard InChI is InChI=1S/C22H23F3N2O4S/c1-2-31-20-9-4-3-6-17(20)10-11-21(28)26-12-14-27(15-13-26)32(29,30)19-8-5-7-18(16-19)22(23,24)25/h3-11,16H,2,12-15H2,1H3/b11-10+. The fourth-order valence-electron chi connectivity index (χ4n) is 3.30. The van der Waals surface area contributed by atoms with Crippen LogP contribution >= 0.6 is 0 Å². The summed E-state index contributed by atoms with van der Waals surface area (Å²) in [5, 5.41) is 0. The zero-order chi connectivity index (χ0) is 23.4. The van der Waals surface area contributed by atoms with E-state index in [0.29, 0.717) is 18.4 Å². The monoisotopic (exact) mass is 468 g/mol. The molecule has 2 aromatic rings. The average molecular weight is 468 g/mol. The fraction of sp³-hybridized carbons (Fsp3) is 0.318. The van der Waals surface area contributed by atoms with E-state index in [2.05, 4.69) is 0 Å². The van der Waals surface area contributed by atoms with Crippen LogP contribution in [0.3, 0.4) is 0 Å². The molecule has 0 spiro atoms. The number of carbonyl (C=O) groups excluding carboxylic acids is 1. The smallest absolute Gasteiger partial charge is 0.416 e. The van der Waals surface area contributed by atoms with Crippen LogP contribution in [0.1, 0.15) is 18.1 Å². The number of hydrogen-bond acceptors (Lipinski definition) is 4. The highest BCUT2D eigenvalue weighted by Gasteiger charge is 2.34. The first-order valence-electron chi connectivity index (χ1n) is 9.99. The molecule has 10 heteroatoms. The Bertz CT molecular complexity index is 1090. The van der Waals surface area contributed by atoms with Crippen molar-refractivity contribution in [2.75, 3.05) is 32.8 Å². The van der Waals surface area contributed by atoms with Crippen LogP contribution in [0.2, 0.25) is 0 Å². The summed E-state index contributed by atoms with van der Waals surface area (Å²) in [5.74, 6) is 0.364. The van der Waals surface area contributed by atoms with Gasteiger partial charge in [-0.05, 0) is 37.3 Å². The van der Waals surface area contributed by atoms with Gasteiger partial charge >= 0.3 is 6.18 Å². The van der Waals surface area contributed by atoms with Gasteiger partial charge in [0.2, 0.25) is 15.9 Å². The molecule has 172 valence electrons. The van der Waals surface area contributed by atoms with Crippen molar-refractivity contribution in [2.24, 2.45) is 0 Å². The van der Waals surface area contributed by atoms with Crippen molar-refractivity contribution in [3.8, 4) is 5.75 Å². The Hall–Kier alpha value is -2.85. The lowest BCUT2D eigenvalue weighted by Crippen LogP contribution is -2.50. The van der Waals surface area contributed by atoms with E-state index in [0.717, 1.165) is 28.1 Å². The molecule has 1 aliphatic rings. The Labute approximate surface area is 184 Å². The van der Waals surface area contributed by atoms with Gasteiger partial charge in [-0.2, -0.15) is 17.5 Å². The van der Waals surface area contributed by atoms with Crippen molar-refractivity contribution in [3.63, 3.8) is 0 Å². The van der Waals surface area contributed by atoms with E-state index in [1.165, 1.54) is 11.0 Å². The number of rotatable bonds is 6. The molecule has 32 heavy (non-hydrogen) atoms. The molecule has 1 amide bonds. The van der Waals surface area contributed by atoms with Crippen molar-refractivity contribution >= 4 is 22.0 Å². The van der Waals surface area contributed by atoms with Crippen LogP contribution in [0.15, 0.2) is 59.5 Å². The van der Waals surface area contributed by atoms with Crippen LogP contribution in [-0.4, -0.2) is 56.3 Å². The van der Waals surface area contributed by atoms with Crippen molar-refractivity contribution in [2.45, 2.75) is 18.0 Å². The molecule has 0 aromatic heterocycles. The van der Waals surface area contributed by atoms with Gasteiger partial charge in [0.15, 0.2) is 0 Å². The van der Waals surface area contributed by atoms with Crippen LogP contribution < -0.4 is 4.74 Å². The van der Waals surface area contributed by atoms with Crippen molar-refractivity contribution in [1.82, 2.24) is 9.21 Å². The second-order valence-corrected chi connectivity index (χ2v) is 9.00. The van der Waals surface area contributed by atoms with Crippen LogP contribution in [0.25, 0.3) is 6.08 Å². The lowest BCUT2D eigenvalue weighted by molar-refractivity contribution is -0.137. The van der Waals surface area contributed by atoms with E-state index >= 15 is 0 Å². The first-order valence-corrected chi connectivity index (χ1v) is 11.4. The highest BCUT2D eigenvalue weighted by Crippen LogP contribution is 2.31. The number of carbonyl (C=O) groups is 1. The number of benzene rings is 2. The third-order valence-corrected chi connectivity index (χ3v) is 6.87. The number of halogens is 3. The predicted octanol–water partition coefficient (Wildman–Crippen LogP) is 3.65. The Morgan fingerprint density at radius 2 is 1.75 bits per heavy atom. The first kappa shape index (κ1) is 23.8. The van der Waals surface area contributed by atoms with Crippen molar-refractivity contribution < 1.29 is 31.1 Å². The van der Waals surface area contributed by atoms with Gasteiger partial charge in [-0.3, -0.25) is 4.79 Å². The van der Waals surface area contributed by atoms with Crippen molar-refractivity contribution in [3.05, 3.63) is 65.7 Å². The van der Waals surface area contributed by atoms with E-state index in [-0.39, 0.29) is 32.1 Å². The maximum absolute atomic E-state index is 12.9. The molecule has 2 aromatic carbocycles. The molecule has 6 nitrogen and oxygen atoms in total. The number of alkyl halides is 3. The summed E-state index contributed by atoms with van der Waals surface area (Å²) in [6, 6.07) is 10.9.